The van der Waals surface area contributed by atoms with Crippen molar-refractivity contribution in [2.24, 2.45) is 0 Å². The van der Waals surface area contributed by atoms with E-state index in [1.165, 1.54) is 12.1 Å². The molecule has 2 aromatic carbocycles. The third-order valence-corrected chi connectivity index (χ3v) is 4.95. The summed E-state index contributed by atoms with van der Waals surface area (Å²) in [6.45, 7) is 0.929. The van der Waals surface area contributed by atoms with Gasteiger partial charge in [0.2, 0.25) is 5.79 Å². The molecule has 1 fully saturated rings. The average molecular weight is 486 g/mol. The summed E-state index contributed by atoms with van der Waals surface area (Å²) < 4.78 is 33.0. The summed E-state index contributed by atoms with van der Waals surface area (Å²) in [6, 6.07) is 11.0. The zero-order valence-electron chi connectivity index (χ0n) is 16.4. The Hall–Kier alpha value is -2.92. The number of hydrogen-bond donors (Lipinski definition) is 1. The number of nitrogens with zero attached hydrogens (tertiary/aromatic N) is 3. The first-order valence-corrected chi connectivity index (χ1v) is 9.98. The molecule has 1 aliphatic rings. The third kappa shape index (κ3) is 6.30. The van der Waals surface area contributed by atoms with Crippen LogP contribution in [-0.4, -0.2) is 39.2 Å². The second-order valence-corrected chi connectivity index (χ2v) is 7.51. The average Bonchev–Trinajstić information content (AvgIpc) is 3.38. The molecule has 2 heterocycles. The normalized spacial score (nSPS) is 19.8. The van der Waals surface area contributed by atoms with E-state index in [4.69, 9.17) is 52.7 Å². The highest BCUT2D eigenvalue weighted by atomic mass is 35.5. The lowest BCUT2D eigenvalue weighted by Gasteiger charge is -2.30. The minimum atomic E-state index is -1.50. The first-order chi connectivity index (χ1) is 15.3. The van der Waals surface area contributed by atoms with E-state index in [2.05, 4.69) is 4.98 Å². The molecule has 1 aromatic heterocycles. The highest BCUT2D eigenvalue weighted by molar-refractivity contribution is 6.35. The van der Waals surface area contributed by atoms with Crippen LogP contribution >= 0.6 is 23.2 Å². The topological polar surface area (TPSA) is 109 Å². The monoisotopic (exact) mass is 485 g/mol. The van der Waals surface area contributed by atoms with Crippen LogP contribution in [0.5, 0.6) is 5.75 Å². The van der Waals surface area contributed by atoms with Crippen LogP contribution in [-0.2, 0) is 21.8 Å². The van der Waals surface area contributed by atoms with E-state index in [0.717, 1.165) is 0 Å². The number of benzene rings is 2. The first kappa shape index (κ1) is 23.7. The van der Waals surface area contributed by atoms with Gasteiger partial charge in [0.15, 0.2) is 0 Å². The Morgan fingerprint density at radius 2 is 2.03 bits per heavy atom. The molecule has 0 bridgehead atoms. The summed E-state index contributed by atoms with van der Waals surface area (Å²) in [4.78, 5) is 12.4. The Morgan fingerprint density at radius 3 is 2.66 bits per heavy atom. The van der Waals surface area contributed by atoms with Crippen LogP contribution in [0.3, 0.4) is 0 Å². The van der Waals surface area contributed by atoms with Crippen LogP contribution < -0.4 is 4.74 Å². The molecule has 0 unspecified atom stereocenters. The van der Waals surface area contributed by atoms with Gasteiger partial charge in [0, 0.05) is 23.0 Å². The fourth-order valence-electron chi connectivity index (χ4n) is 3.10. The number of rotatable bonds is 6. The molecule has 170 valence electrons. The lowest BCUT2D eigenvalue weighted by molar-refractivity contribution is -0.742. The van der Waals surface area contributed by atoms with Gasteiger partial charge in [-0.3, -0.25) is 0 Å². The minimum absolute atomic E-state index is 0.252. The smallest absolute Gasteiger partial charge is 0.291 e. The van der Waals surface area contributed by atoms with Gasteiger partial charge in [-0.1, -0.05) is 29.3 Å². The second kappa shape index (κ2) is 10.6. The lowest BCUT2D eigenvalue weighted by atomic mass is 10.1. The molecule has 0 saturated carbocycles. The maximum absolute atomic E-state index is 13.0. The number of ether oxygens (including phenoxy) is 3. The van der Waals surface area contributed by atoms with Crippen molar-refractivity contribution in [3.63, 3.8) is 0 Å². The molecule has 1 aliphatic heterocycles. The number of imidazole rings is 1. The maximum Gasteiger partial charge on any atom is 0.291 e. The molecule has 0 radical (unpaired) electrons. The summed E-state index contributed by atoms with van der Waals surface area (Å²) >= 11 is 12.5. The molecular formula is C20H18Cl2FN3O6. The summed E-state index contributed by atoms with van der Waals surface area (Å²) in [5, 5.41) is 14.6. The van der Waals surface area contributed by atoms with Crippen molar-refractivity contribution in [2.75, 3.05) is 13.2 Å². The maximum atomic E-state index is 13.0. The summed E-state index contributed by atoms with van der Waals surface area (Å²) in [5.74, 6) is -0.856. The zero-order chi connectivity index (χ0) is 23.1. The van der Waals surface area contributed by atoms with E-state index in [1.54, 1.807) is 42.9 Å². The molecule has 0 aliphatic carbocycles. The van der Waals surface area contributed by atoms with Gasteiger partial charge in [0.25, 0.3) is 5.09 Å². The molecule has 0 amide bonds. The van der Waals surface area contributed by atoms with Gasteiger partial charge < -0.3 is 24.0 Å². The summed E-state index contributed by atoms with van der Waals surface area (Å²) in [5.41, 5.74) is 0.677. The highest BCUT2D eigenvalue weighted by Crippen LogP contribution is 2.40. The van der Waals surface area contributed by atoms with Crippen molar-refractivity contribution in [1.82, 2.24) is 9.55 Å². The van der Waals surface area contributed by atoms with E-state index in [1.807, 2.05) is 10.8 Å². The Balaban J connectivity index is 0.000000668. The standard InChI is InChI=1S/C20H17Cl2FN2O3.HNO3/c21-14-1-6-18(19(22)9-14)20(12-25-8-7-24-13-25)27-11-17(28-20)10-26-16-4-2-15(23)3-5-16;2-1(3)4/h1-9,13,17H,10-12H2;(H,2,3,4)/t17-,20-;/m1./s1. The van der Waals surface area contributed by atoms with E-state index < -0.39 is 10.9 Å². The van der Waals surface area contributed by atoms with Crippen molar-refractivity contribution < 1.29 is 28.9 Å². The molecule has 32 heavy (non-hydrogen) atoms. The largest absolute Gasteiger partial charge is 0.491 e. The molecule has 1 N–H and O–H groups in total. The Kier molecular flexibility index (Phi) is 7.86. The minimum Gasteiger partial charge on any atom is -0.491 e. The molecular weight excluding hydrogens is 468 g/mol. The Morgan fingerprint density at radius 1 is 1.31 bits per heavy atom. The fourth-order valence-corrected chi connectivity index (χ4v) is 3.65. The molecule has 0 spiro atoms. The quantitative estimate of drug-likeness (QED) is 0.408. The number of halogens is 3. The van der Waals surface area contributed by atoms with Crippen LogP contribution in [0.25, 0.3) is 0 Å². The Labute approximate surface area is 192 Å². The molecule has 3 aromatic rings. The van der Waals surface area contributed by atoms with Crippen molar-refractivity contribution in [3.8, 4) is 5.75 Å². The van der Waals surface area contributed by atoms with Crippen LogP contribution in [0.4, 0.5) is 4.39 Å². The zero-order valence-corrected chi connectivity index (χ0v) is 17.9. The van der Waals surface area contributed by atoms with Crippen LogP contribution in [0.1, 0.15) is 5.56 Å². The predicted molar refractivity (Wildman–Crippen MR) is 112 cm³/mol. The van der Waals surface area contributed by atoms with E-state index in [0.29, 0.717) is 34.5 Å². The predicted octanol–water partition coefficient (Wildman–Crippen LogP) is 4.33. The molecule has 1 saturated heterocycles. The van der Waals surface area contributed by atoms with Crippen molar-refractivity contribution >= 4 is 23.2 Å². The van der Waals surface area contributed by atoms with Gasteiger partial charge in [-0.05, 0) is 36.4 Å². The fraction of sp³-hybridized carbons (Fsp3) is 0.250. The first-order valence-electron chi connectivity index (χ1n) is 9.22. The van der Waals surface area contributed by atoms with Crippen LogP contribution in [0.2, 0.25) is 10.0 Å². The highest BCUT2D eigenvalue weighted by Gasteiger charge is 2.45. The van der Waals surface area contributed by atoms with Crippen LogP contribution in [0.15, 0.2) is 61.2 Å². The van der Waals surface area contributed by atoms with Crippen molar-refractivity contribution in [2.45, 2.75) is 18.4 Å². The summed E-state index contributed by atoms with van der Waals surface area (Å²) in [7, 11) is 0. The van der Waals surface area contributed by atoms with E-state index >= 15 is 0 Å². The molecule has 9 nitrogen and oxygen atoms in total. The van der Waals surface area contributed by atoms with E-state index in [-0.39, 0.29) is 18.5 Å². The van der Waals surface area contributed by atoms with Gasteiger partial charge in [-0.15, -0.1) is 10.1 Å². The van der Waals surface area contributed by atoms with Gasteiger partial charge in [-0.25, -0.2) is 9.37 Å². The van der Waals surface area contributed by atoms with E-state index in [9.17, 15) is 4.39 Å². The van der Waals surface area contributed by atoms with Crippen molar-refractivity contribution in [1.29, 1.82) is 0 Å². The van der Waals surface area contributed by atoms with Crippen molar-refractivity contribution in [3.05, 3.63) is 92.7 Å². The molecule has 2 atom stereocenters. The SMILES string of the molecule is Fc1ccc(OC[C@@H]2CO[C@@](Cn3ccnc3)(c3ccc(Cl)cc3Cl)O2)cc1.O=[N+]([O-])O. The molecule has 12 heteroatoms. The number of aromatic nitrogens is 2. The second-order valence-electron chi connectivity index (χ2n) is 6.67. The lowest BCUT2D eigenvalue weighted by Crippen LogP contribution is -2.34. The van der Waals surface area contributed by atoms with Gasteiger partial charge in [0.05, 0.1) is 24.5 Å². The van der Waals surface area contributed by atoms with Gasteiger partial charge in [-0.2, -0.15) is 0 Å². The van der Waals surface area contributed by atoms with Gasteiger partial charge in [0.1, 0.15) is 24.3 Å². The summed E-state index contributed by atoms with van der Waals surface area (Å²) in [6.07, 6.45) is 4.85. The third-order valence-electron chi connectivity index (χ3n) is 4.40. The Bertz CT molecular complexity index is 1030. The molecule has 4 rings (SSSR count). The van der Waals surface area contributed by atoms with Crippen LogP contribution in [0, 0.1) is 15.9 Å². The number of hydrogen-bond acceptors (Lipinski definition) is 6. The van der Waals surface area contributed by atoms with Gasteiger partial charge >= 0.3 is 0 Å².